The first-order valence-corrected chi connectivity index (χ1v) is 7.28. The van der Waals surface area contributed by atoms with Gasteiger partial charge in [-0.2, -0.15) is 0 Å². The van der Waals surface area contributed by atoms with Gasteiger partial charge in [0, 0.05) is 26.7 Å². The predicted molar refractivity (Wildman–Crippen MR) is 82.5 cm³/mol. The Morgan fingerprint density at radius 1 is 1.18 bits per heavy atom. The van der Waals surface area contributed by atoms with Crippen LogP contribution in [0.1, 0.15) is 19.8 Å². The fourth-order valence-electron chi connectivity index (χ4n) is 1.02. The number of sulfonamides is 1. The molecule has 0 aliphatic heterocycles. The average Bonchev–Trinajstić information content (AvgIpc) is 2.20. The van der Waals surface area contributed by atoms with Gasteiger partial charge in [-0.3, -0.25) is 4.99 Å². The standard InChI is InChI=1S/C9H22N4O2S.HI/c1-4-6-11-9(10-2)12-7-5-8-13-16(3,14)15;/h13H,4-8H2,1-3H3,(H2,10,11,12);1H. The van der Waals surface area contributed by atoms with E-state index in [4.69, 9.17) is 0 Å². The third-order valence-corrected chi connectivity index (χ3v) is 2.50. The Kier molecular flexibility index (Phi) is 12.5. The molecule has 0 aliphatic carbocycles. The van der Waals surface area contributed by atoms with Crippen molar-refractivity contribution in [3.63, 3.8) is 0 Å². The van der Waals surface area contributed by atoms with Crippen LogP contribution in [0.25, 0.3) is 0 Å². The molecule has 0 bridgehead atoms. The van der Waals surface area contributed by atoms with Crippen LogP contribution < -0.4 is 15.4 Å². The van der Waals surface area contributed by atoms with Crippen LogP contribution >= 0.6 is 24.0 Å². The molecule has 0 rings (SSSR count). The molecule has 0 fully saturated rings. The zero-order chi connectivity index (χ0) is 12.4. The summed E-state index contributed by atoms with van der Waals surface area (Å²) in [5.74, 6) is 0.751. The van der Waals surface area contributed by atoms with Crippen LogP contribution in [0.15, 0.2) is 4.99 Å². The zero-order valence-corrected chi connectivity index (χ0v) is 13.8. The van der Waals surface area contributed by atoms with Crippen LogP contribution in [0, 0.1) is 0 Å². The van der Waals surface area contributed by atoms with Gasteiger partial charge in [0.05, 0.1) is 6.26 Å². The highest BCUT2D eigenvalue weighted by atomic mass is 127. The highest BCUT2D eigenvalue weighted by molar-refractivity contribution is 14.0. The summed E-state index contributed by atoms with van der Waals surface area (Å²) in [6.07, 6.45) is 2.92. The normalized spacial score (nSPS) is 11.8. The highest BCUT2D eigenvalue weighted by Gasteiger charge is 1.99. The Balaban J connectivity index is 0. The maximum absolute atomic E-state index is 10.8. The molecule has 3 N–H and O–H groups in total. The van der Waals surface area contributed by atoms with Crippen molar-refractivity contribution in [2.75, 3.05) is 32.9 Å². The summed E-state index contributed by atoms with van der Waals surface area (Å²) in [4.78, 5) is 4.03. The minimum atomic E-state index is -3.07. The van der Waals surface area contributed by atoms with E-state index in [1.54, 1.807) is 7.05 Å². The molecule has 0 radical (unpaired) electrons. The molecule has 0 aromatic carbocycles. The molecule has 0 aromatic rings. The maximum atomic E-state index is 10.8. The summed E-state index contributed by atoms with van der Waals surface area (Å²) in [7, 11) is -1.36. The summed E-state index contributed by atoms with van der Waals surface area (Å²) < 4.78 is 23.9. The molecule has 0 unspecified atom stereocenters. The van der Waals surface area contributed by atoms with Crippen molar-refractivity contribution in [2.45, 2.75) is 19.8 Å². The Hall–Kier alpha value is -0.0900. The van der Waals surface area contributed by atoms with Gasteiger partial charge in [-0.05, 0) is 12.8 Å². The lowest BCUT2D eigenvalue weighted by molar-refractivity contribution is 0.584. The van der Waals surface area contributed by atoms with Crippen molar-refractivity contribution in [3.05, 3.63) is 0 Å². The van der Waals surface area contributed by atoms with Gasteiger partial charge in [0.1, 0.15) is 0 Å². The summed E-state index contributed by atoms with van der Waals surface area (Å²) in [5.41, 5.74) is 0. The van der Waals surface area contributed by atoms with Crippen molar-refractivity contribution in [2.24, 2.45) is 4.99 Å². The third-order valence-electron chi connectivity index (χ3n) is 1.78. The molecule has 17 heavy (non-hydrogen) atoms. The second-order valence-electron chi connectivity index (χ2n) is 3.45. The van der Waals surface area contributed by atoms with Gasteiger partial charge in [-0.15, -0.1) is 24.0 Å². The third kappa shape index (κ3) is 13.8. The molecule has 0 heterocycles. The van der Waals surface area contributed by atoms with Crippen molar-refractivity contribution >= 4 is 40.0 Å². The van der Waals surface area contributed by atoms with Gasteiger partial charge < -0.3 is 10.6 Å². The number of nitrogens with zero attached hydrogens (tertiary/aromatic N) is 1. The average molecular weight is 378 g/mol. The Bertz CT molecular complexity index is 306. The molecule has 0 atom stereocenters. The fraction of sp³-hybridized carbons (Fsp3) is 0.889. The minimum Gasteiger partial charge on any atom is -0.356 e. The van der Waals surface area contributed by atoms with Crippen molar-refractivity contribution in [3.8, 4) is 0 Å². The molecule has 6 nitrogen and oxygen atoms in total. The van der Waals surface area contributed by atoms with Gasteiger partial charge in [0.25, 0.3) is 0 Å². The van der Waals surface area contributed by atoms with Crippen LogP contribution in [-0.2, 0) is 10.0 Å². The molecule has 0 saturated heterocycles. The SMILES string of the molecule is CCCNC(=NC)NCCCNS(C)(=O)=O.I. The lowest BCUT2D eigenvalue weighted by Gasteiger charge is -2.10. The van der Waals surface area contributed by atoms with E-state index in [9.17, 15) is 8.42 Å². The number of nitrogens with one attached hydrogen (secondary N) is 3. The highest BCUT2D eigenvalue weighted by Crippen LogP contribution is 1.79. The van der Waals surface area contributed by atoms with Gasteiger partial charge >= 0.3 is 0 Å². The molecule has 0 aliphatic rings. The van der Waals surface area contributed by atoms with Crippen LogP contribution in [0.2, 0.25) is 0 Å². The minimum absolute atomic E-state index is 0. The fourth-order valence-corrected chi connectivity index (χ4v) is 1.53. The topological polar surface area (TPSA) is 82.6 Å². The van der Waals surface area contributed by atoms with E-state index >= 15 is 0 Å². The summed E-state index contributed by atoms with van der Waals surface area (Å²) in [6, 6.07) is 0. The van der Waals surface area contributed by atoms with Crippen LogP contribution in [0.3, 0.4) is 0 Å². The second-order valence-corrected chi connectivity index (χ2v) is 5.28. The molecule has 104 valence electrons. The number of rotatable bonds is 7. The quantitative estimate of drug-likeness (QED) is 0.254. The number of hydrogen-bond acceptors (Lipinski definition) is 3. The molecule has 0 saturated carbocycles. The predicted octanol–water partition coefficient (Wildman–Crippen LogP) is 0.119. The maximum Gasteiger partial charge on any atom is 0.208 e. The van der Waals surface area contributed by atoms with E-state index in [1.165, 1.54) is 0 Å². The van der Waals surface area contributed by atoms with Crippen molar-refractivity contribution < 1.29 is 8.42 Å². The zero-order valence-electron chi connectivity index (χ0n) is 10.6. The van der Waals surface area contributed by atoms with Gasteiger partial charge in [0.15, 0.2) is 5.96 Å². The molecule has 0 spiro atoms. The number of halogens is 1. The molecule has 0 amide bonds. The molecular weight excluding hydrogens is 355 g/mol. The van der Waals surface area contributed by atoms with E-state index in [0.717, 1.165) is 31.6 Å². The molecule has 0 aromatic heterocycles. The smallest absolute Gasteiger partial charge is 0.208 e. The first-order chi connectivity index (χ1) is 7.49. The van der Waals surface area contributed by atoms with Crippen molar-refractivity contribution in [1.29, 1.82) is 0 Å². The monoisotopic (exact) mass is 378 g/mol. The number of aliphatic imine (C=N–C) groups is 1. The van der Waals surface area contributed by atoms with Gasteiger partial charge in [-0.25, -0.2) is 13.1 Å². The van der Waals surface area contributed by atoms with Gasteiger partial charge in [0.2, 0.25) is 10.0 Å². The van der Waals surface area contributed by atoms with E-state index in [2.05, 4.69) is 27.3 Å². The molecular formula is C9H23IN4O2S. The molecule has 8 heteroatoms. The van der Waals surface area contributed by atoms with Crippen LogP contribution in [0.5, 0.6) is 0 Å². The van der Waals surface area contributed by atoms with E-state index < -0.39 is 10.0 Å². The van der Waals surface area contributed by atoms with E-state index in [-0.39, 0.29) is 24.0 Å². The second kappa shape index (κ2) is 11.0. The summed E-state index contributed by atoms with van der Waals surface area (Å²) in [5, 5.41) is 6.22. The largest absolute Gasteiger partial charge is 0.356 e. The first-order valence-electron chi connectivity index (χ1n) is 5.38. The van der Waals surface area contributed by atoms with E-state index in [1.807, 2.05) is 0 Å². The number of guanidine groups is 1. The summed E-state index contributed by atoms with van der Waals surface area (Å²) in [6.45, 7) is 4.08. The van der Waals surface area contributed by atoms with Crippen LogP contribution in [-0.4, -0.2) is 47.3 Å². The Labute approximate surface area is 121 Å². The van der Waals surface area contributed by atoms with Crippen molar-refractivity contribution in [1.82, 2.24) is 15.4 Å². The lowest BCUT2D eigenvalue weighted by Crippen LogP contribution is -2.39. The summed E-state index contributed by atoms with van der Waals surface area (Å²) >= 11 is 0. The Morgan fingerprint density at radius 2 is 1.76 bits per heavy atom. The first kappa shape index (κ1) is 19.3. The number of hydrogen-bond donors (Lipinski definition) is 3. The van der Waals surface area contributed by atoms with Crippen LogP contribution in [0.4, 0.5) is 0 Å². The van der Waals surface area contributed by atoms with E-state index in [0.29, 0.717) is 13.1 Å². The van der Waals surface area contributed by atoms with Gasteiger partial charge in [-0.1, -0.05) is 6.92 Å². The lowest BCUT2D eigenvalue weighted by atomic mass is 10.4. The Morgan fingerprint density at radius 3 is 2.24 bits per heavy atom.